The molecule has 0 unspecified atom stereocenters. The molecule has 0 aromatic heterocycles. The van der Waals surface area contributed by atoms with Gasteiger partial charge in [0.05, 0.1) is 5.02 Å². The van der Waals surface area contributed by atoms with Crippen molar-refractivity contribution in [2.75, 3.05) is 0 Å². The van der Waals surface area contributed by atoms with Gasteiger partial charge in [0, 0.05) is 5.56 Å². The Morgan fingerprint density at radius 2 is 1.60 bits per heavy atom. The molecule has 82 valence electrons. The molecule has 0 fully saturated rings. The van der Waals surface area contributed by atoms with Crippen LogP contribution in [0.25, 0.3) is 6.08 Å². The van der Waals surface area contributed by atoms with E-state index >= 15 is 0 Å². The largest absolute Gasteiger partial charge is 0.502 e. The Hall–Kier alpha value is -1.04. The minimum atomic E-state index is -5.20. The molecule has 1 rings (SSSR count). The highest BCUT2D eigenvalue weighted by Gasteiger charge is 2.18. The van der Waals surface area contributed by atoms with Crippen LogP contribution in [0.5, 0.6) is 0 Å². The van der Waals surface area contributed by atoms with E-state index in [4.69, 9.17) is 11.6 Å². The van der Waals surface area contributed by atoms with Crippen molar-refractivity contribution in [3.8, 4) is 0 Å². The normalized spacial score (nSPS) is 12.4. The van der Waals surface area contributed by atoms with Crippen LogP contribution >= 0.6 is 11.6 Å². The Balaban J connectivity index is 3.15. The number of hydrogen-bond donors (Lipinski definition) is 0. The Kier molecular flexibility index (Phi) is 3.39. The molecule has 0 saturated heterocycles. The van der Waals surface area contributed by atoms with E-state index in [2.05, 4.69) is 0 Å². The molecule has 0 heterocycles. The molecule has 0 radical (unpaired) electrons. The van der Waals surface area contributed by atoms with Gasteiger partial charge in [-0.3, -0.25) is 0 Å². The van der Waals surface area contributed by atoms with E-state index in [9.17, 15) is 21.7 Å². The zero-order chi connectivity index (χ0) is 11.6. The van der Waals surface area contributed by atoms with Crippen LogP contribution in [0, 0.1) is 11.6 Å². The van der Waals surface area contributed by atoms with Gasteiger partial charge in [-0.05, 0) is 12.1 Å². The molecule has 1 aromatic carbocycles. The third-order valence-electron chi connectivity index (χ3n) is 1.56. The van der Waals surface area contributed by atoms with Crippen LogP contribution in [0.3, 0.4) is 0 Å². The summed E-state index contributed by atoms with van der Waals surface area (Å²) < 4.78 is 61.2. The number of benzene rings is 1. The van der Waals surface area contributed by atoms with Gasteiger partial charge < -0.3 is 12.9 Å². The summed E-state index contributed by atoms with van der Waals surface area (Å²) in [5, 5.41) is -0.661. The van der Waals surface area contributed by atoms with Gasteiger partial charge in [0.1, 0.15) is 11.6 Å². The predicted octanol–water partition coefficient (Wildman–Crippen LogP) is 4.02. The first-order chi connectivity index (χ1) is 6.81. The van der Waals surface area contributed by atoms with Crippen LogP contribution in [-0.4, -0.2) is 6.98 Å². The van der Waals surface area contributed by atoms with Crippen LogP contribution in [0.15, 0.2) is 18.1 Å². The van der Waals surface area contributed by atoms with Crippen molar-refractivity contribution in [1.29, 1.82) is 0 Å². The Morgan fingerprint density at radius 3 is 2.13 bits per heavy atom. The summed E-state index contributed by atoms with van der Waals surface area (Å²) in [5.74, 6) is -2.12. The molecule has 1 aromatic rings. The van der Waals surface area contributed by atoms with Gasteiger partial charge >= 0.3 is 6.98 Å². The highest BCUT2D eigenvalue weighted by atomic mass is 35.5. The van der Waals surface area contributed by atoms with E-state index in [1.165, 1.54) is 0 Å². The minimum Gasteiger partial charge on any atom is -0.445 e. The lowest BCUT2D eigenvalue weighted by atomic mass is 9.90. The number of hydrogen-bond acceptors (Lipinski definition) is 0. The molecular formula is C8H4BClF5-. The van der Waals surface area contributed by atoms with E-state index in [0.29, 0.717) is 12.1 Å². The summed E-state index contributed by atoms with van der Waals surface area (Å²) in [7, 11) is 0. The molecule has 0 N–H and O–H groups in total. The van der Waals surface area contributed by atoms with E-state index < -0.39 is 29.2 Å². The van der Waals surface area contributed by atoms with Crippen molar-refractivity contribution >= 4 is 24.7 Å². The minimum absolute atomic E-state index is 0.149. The second kappa shape index (κ2) is 4.22. The summed E-state index contributed by atoms with van der Waals surface area (Å²) >= 11 is 5.30. The Bertz CT molecular complexity index is 399. The average Bonchev–Trinajstić information content (AvgIpc) is 2.10. The van der Waals surface area contributed by atoms with E-state index in [1.807, 2.05) is 0 Å². The van der Waals surface area contributed by atoms with Gasteiger partial charge in [-0.1, -0.05) is 17.7 Å². The molecule has 0 amide bonds. The molecular weight excluding hydrogens is 237 g/mol. The SMILES string of the molecule is Fc1ccc(F)c(/C=C/[B-](F)(F)F)c1Cl. The molecule has 7 heteroatoms. The maximum absolute atomic E-state index is 12.9. The second-order valence-electron chi connectivity index (χ2n) is 2.74. The Morgan fingerprint density at radius 1 is 1.07 bits per heavy atom. The quantitative estimate of drug-likeness (QED) is 0.417. The molecule has 0 saturated carbocycles. The average molecular weight is 241 g/mol. The summed E-state index contributed by atoms with van der Waals surface area (Å²) in [6.07, 6.45) is 0.417. The lowest BCUT2D eigenvalue weighted by Gasteiger charge is -2.07. The third kappa shape index (κ3) is 3.23. The first-order valence-electron chi connectivity index (χ1n) is 3.84. The molecule has 15 heavy (non-hydrogen) atoms. The highest BCUT2D eigenvalue weighted by molar-refractivity contribution is 6.65. The maximum atomic E-state index is 12.9. The topological polar surface area (TPSA) is 0 Å². The van der Waals surface area contributed by atoms with Crippen LogP contribution in [0.1, 0.15) is 5.56 Å². The fraction of sp³-hybridized carbons (Fsp3) is 0. The van der Waals surface area contributed by atoms with Gasteiger partial charge in [0.15, 0.2) is 0 Å². The molecule has 0 atom stereocenters. The molecule has 0 aliphatic carbocycles. The first kappa shape index (κ1) is 12.0. The standard InChI is InChI=1S/C8H4BClF5/c10-8-5(3-4-9(13,14)15)6(11)1-2-7(8)12/h1-4H/q-1/b4-3+. The lowest BCUT2D eigenvalue weighted by Crippen LogP contribution is -2.09. The van der Waals surface area contributed by atoms with Gasteiger partial charge in [0.25, 0.3) is 0 Å². The Labute approximate surface area is 87.4 Å². The monoisotopic (exact) mass is 241 g/mol. The first-order valence-corrected chi connectivity index (χ1v) is 4.22. The molecule has 0 spiro atoms. The van der Waals surface area contributed by atoms with Crippen molar-refractivity contribution in [3.63, 3.8) is 0 Å². The van der Waals surface area contributed by atoms with Gasteiger partial charge in [-0.2, -0.15) is 0 Å². The van der Waals surface area contributed by atoms with Gasteiger partial charge in [-0.15, -0.1) is 5.98 Å². The van der Waals surface area contributed by atoms with E-state index in [-0.39, 0.29) is 5.98 Å². The third-order valence-corrected chi connectivity index (χ3v) is 1.94. The van der Waals surface area contributed by atoms with Crippen LogP contribution in [0.4, 0.5) is 21.7 Å². The summed E-state index contributed by atoms with van der Waals surface area (Å²) in [6, 6.07) is 1.46. The summed E-state index contributed by atoms with van der Waals surface area (Å²) in [6.45, 7) is -5.20. The number of halogens is 6. The molecule has 0 aliphatic rings. The molecule has 0 bridgehead atoms. The predicted molar refractivity (Wildman–Crippen MR) is 49.5 cm³/mol. The second-order valence-corrected chi connectivity index (χ2v) is 3.12. The van der Waals surface area contributed by atoms with Crippen molar-refractivity contribution < 1.29 is 21.7 Å². The summed E-state index contributed by atoms with van der Waals surface area (Å²) in [5.41, 5.74) is -0.601. The van der Waals surface area contributed by atoms with E-state index in [0.717, 1.165) is 6.07 Å². The lowest BCUT2D eigenvalue weighted by molar-refractivity contribution is 0.499. The zero-order valence-electron chi connectivity index (χ0n) is 7.15. The van der Waals surface area contributed by atoms with Crippen LogP contribution < -0.4 is 0 Å². The van der Waals surface area contributed by atoms with Crippen molar-refractivity contribution in [2.24, 2.45) is 0 Å². The fourth-order valence-corrected chi connectivity index (χ4v) is 1.12. The summed E-state index contributed by atoms with van der Waals surface area (Å²) in [4.78, 5) is 0. The van der Waals surface area contributed by atoms with Gasteiger partial charge in [0.2, 0.25) is 0 Å². The van der Waals surface area contributed by atoms with Crippen molar-refractivity contribution in [1.82, 2.24) is 0 Å². The molecule has 0 nitrogen and oxygen atoms in total. The van der Waals surface area contributed by atoms with Crippen molar-refractivity contribution in [2.45, 2.75) is 0 Å². The zero-order valence-corrected chi connectivity index (χ0v) is 7.91. The van der Waals surface area contributed by atoms with E-state index in [1.54, 1.807) is 0 Å². The fourth-order valence-electron chi connectivity index (χ4n) is 0.901. The number of rotatable bonds is 2. The highest BCUT2D eigenvalue weighted by Crippen LogP contribution is 2.25. The van der Waals surface area contributed by atoms with Gasteiger partial charge in [-0.25, -0.2) is 8.78 Å². The van der Waals surface area contributed by atoms with Crippen molar-refractivity contribution in [3.05, 3.63) is 40.3 Å². The van der Waals surface area contributed by atoms with Crippen LogP contribution in [-0.2, 0) is 0 Å². The molecule has 0 aliphatic heterocycles. The van der Waals surface area contributed by atoms with Crippen LogP contribution in [0.2, 0.25) is 5.02 Å². The maximum Gasteiger partial charge on any atom is 0.502 e. The smallest absolute Gasteiger partial charge is 0.445 e.